The summed E-state index contributed by atoms with van der Waals surface area (Å²) in [5.74, 6) is -5.80. The van der Waals surface area contributed by atoms with Gasteiger partial charge in [-0.3, -0.25) is 28.8 Å². The molecular weight excluding hydrogens is 390 g/mol. The van der Waals surface area contributed by atoms with Crippen molar-refractivity contribution in [3.63, 3.8) is 0 Å². The summed E-state index contributed by atoms with van der Waals surface area (Å²) in [6.45, 7) is -0.106. The van der Waals surface area contributed by atoms with Gasteiger partial charge >= 0.3 is 11.9 Å². The Balaban J connectivity index is 2.83. The second-order valence-electron chi connectivity index (χ2n) is 6.49. The van der Waals surface area contributed by atoms with E-state index in [2.05, 4.69) is 16.0 Å². The molecule has 3 atom stereocenters. The first-order valence-electron chi connectivity index (χ1n) is 8.94. The van der Waals surface area contributed by atoms with Gasteiger partial charge in [0.1, 0.15) is 18.6 Å². The van der Waals surface area contributed by atoms with Gasteiger partial charge in [-0.25, -0.2) is 0 Å². The number of hydrogen-bond acceptors (Lipinski definition) is 7. The van der Waals surface area contributed by atoms with Gasteiger partial charge in [-0.1, -0.05) is 0 Å². The molecule has 1 rings (SSSR count). The molecule has 0 spiro atoms. The maximum atomic E-state index is 12.6. The number of rotatable bonds is 12. The lowest BCUT2D eigenvalue weighted by molar-refractivity contribution is -0.139. The van der Waals surface area contributed by atoms with E-state index in [1.165, 1.54) is 0 Å². The highest BCUT2D eigenvalue weighted by molar-refractivity contribution is 5.95. The molecule has 0 aromatic carbocycles. The predicted molar refractivity (Wildman–Crippen MR) is 96.2 cm³/mol. The molecule has 1 fully saturated rings. The van der Waals surface area contributed by atoms with Crippen molar-refractivity contribution in [1.82, 2.24) is 21.3 Å². The Labute approximate surface area is 165 Å². The molecule has 0 radical (unpaired) electrons. The summed E-state index contributed by atoms with van der Waals surface area (Å²) in [5.41, 5.74) is 5.06. The summed E-state index contributed by atoms with van der Waals surface area (Å²) in [6, 6.07) is -3.27. The van der Waals surface area contributed by atoms with Gasteiger partial charge in [0.25, 0.3) is 0 Å². The fourth-order valence-electron chi connectivity index (χ4n) is 2.69. The Morgan fingerprint density at radius 1 is 1.00 bits per heavy atom. The molecule has 1 aliphatic heterocycles. The van der Waals surface area contributed by atoms with Crippen LogP contribution in [0.2, 0.25) is 0 Å². The Bertz CT molecular complexity index is 662. The van der Waals surface area contributed by atoms with Crippen LogP contribution in [0.3, 0.4) is 0 Å². The zero-order chi connectivity index (χ0) is 22.0. The van der Waals surface area contributed by atoms with Crippen molar-refractivity contribution in [1.29, 1.82) is 0 Å². The molecule has 0 aromatic heterocycles. The average molecular weight is 415 g/mol. The molecule has 29 heavy (non-hydrogen) atoms. The number of primary amides is 1. The monoisotopic (exact) mass is 415 g/mol. The van der Waals surface area contributed by atoms with Gasteiger partial charge in [0.05, 0.1) is 12.5 Å². The van der Waals surface area contributed by atoms with Crippen LogP contribution in [0.4, 0.5) is 0 Å². The van der Waals surface area contributed by atoms with E-state index in [1.54, 1.807) is 0 Å². The number of carboxylic acid groups (broad SMARTS) is 2. The first kappa shape index (κ1) is 23.8. The predicted octanol–water partition coefficient (Wildman–Crippen LogP) is -3.35. The van der Waals surface area contributed by atoms with Crippen LogP contribution in [0.15, 0.2) is 0 Å². The summed E-state index contributed by atoms with van der Waals surface area (Å²) in [7, 11) is 0. The topological polar surface area (TPSA) is 217 Å². The van der Waals surface area contributed by atoms with Crippen molar-refractivity contribution in [2.75, 3.05) is 13.1 Å². The van der Waals surface area contributed by atoms with Gasteiger partial charge in [-0.2, -0.15) is 0 Å². The zero-order valence-electron chi connectivity index (χ0n) is 15.6. The lowest BCUT2D eigenvalue weighted by Gasteiger charge is -2.23. The lowest BCUT2D eigenvalue weighted by atomic mass is 10.1. The smallest absolute Gasteiger partial charge is 0.322 e. The van der Waals surface area contributed by atoms with E-state index in [9.17, 15) is 28.8 Å². The third-order valence-electron chi connectivity index (χ3n) is 4.11. The average Bonchev–Trinajstić information content (AvgIpc) is 3.16. The Hall–Kier alpha value is -3.22. The quantitative estimate of drug-likeness (QED) is 0.169. The van der Waals surface area contributed by atoms with Crippen LogP contribution in [0, 0.1) is 0 Å². The second-order valence-corrected chi connectivity index (χ2v) is 6.49. The maximum absolute atomic E-state index is 12.6. The van der Waals surface area contributed by atoms with Gasteiger partial charge < -0.3 is 37.2 Å². The molecule has 0 bridgehead atoms. The number of carbonyl (C=O) groups is 6. The lowest BCUT2D eigenvalue weighted by Crippen LogP contribution is -2.56. The molecule has 1 heterocycles. The van der Waals surface area contributed by atoms with Crippen molar-refractivity contribution in [2.24, 2.45) is 5.73 Å². The molecule has 1 saturated heterocycles. The number of nitrogens with two attached hydrogens (primary N) is 1. The molecule has 0 aliphatic carbocycles. The van der Waals surface area contributed by atoms with Crippen LogP contribution in [-0.2, 0) is 28.8 Å². The molecule has 8 N–H and O–H groups in total. The van der Waals surface area contributed by atoms with Crippen molar-refractivity contribution in [3.8, 4) is 0 Å². The van der Waals surface area contributed by atoms with E-state index >= 15 is 0 Å². The minimum absolute atomic E-state index is 0.250. The molecule has 3 unspecified atom stereocenters. The van der Waals surface area contributed by atoms with Crippen molar-refractivity contribution in [2.45, 2.75) is 50.2 Å². The van der Waals surface area contributed by atoms with Gasteiger partial charge in [0.2, 0.25) is 23.6 Å². The van der Waals surface area contributed by atoms with E-state index in [-0.39, 0.29) is 6.42 Å². The number of aliphatic carboxylic acids is 2. The number of hydrogen-bond donors (Lipinski definition) is 7. The minimum Gasteiger partial charge on any atom is -0.481 e. The van der Waals surface area contributed by atoms with Gasteiger partial charge in [-0.05, 0) is 25.8 Å². The molecule has 4 amide bonds. The SMILES string of the molecule is NC(=O)CC(NC(=O)C(CCC(=O)O)NC(=O)C1CCCN1)C(=O)NCC(=O)O. The van der Waals surface area contributed by atoms with E-state index in [0.29, 0.717) is 13.0 Å². The van der Waals surface area contributed by atoms with Crippen LogP contribution in [-0.4, -0.2) is 77.0 Å². The van der Waals surface area contributed by atoms with Gasteiger partial charge in [0.15, 0.2) is 0 Å². The van der Waals surface area contributed by atoms with E-state index in [0.717, 1.165) is 6.42 Å². The Morgan fingerprint density at radius 3 is 2.21 bits per heavy atom. The highest BCUT2D eigenvalue weighted by atomic mass is 16.4. The Morgan fingerprint density at radius 2 is 1.69 bits per heavy atom. The summed E-state index contributed by atoms with van der Waals surface area (Å²) in [6.07, 6.45) is 0.0400. The molecule has 13 nitrogen and oxygen atoms in total. The molecule has 1 aliphatic rings. The first-order chi connectivity index (χ1) is 13.6. The molecule has 162 valence electrons. The fraction of sp³-hybridized carbons (Fsp3) is 0.625. The maximum Gasteiger partial charge on any atom is 0.322 e. The largest absolute Gasteiger partial charge is 0.481 e. The van der Waals surface area contributed by atoms with Gasteiger partial charge in [0, 0.05) is 6.42 Å². The normalized spacial score (nSPS) is 17.6. The van der Waals surface area contributed by atoms with Crippen LogP contribution in [0.25, 0.3) is 0 Å². The standard InChI is InChI=1S/C16H25N5O8/c17-11(22)6-10(14(27)19-7-13(25)26)21-16(29)9(3-4-12(23)24)20-15(28)8-2-1-5-18-8/h8-10,18H,1-7H2,(H2,17,22)(H,19,27)(H,20,28)(H,21,29)(H,23,24)(H,25,26). The highest BCUT2D eigenvalue weighted by Crippen LogP contribution is 2.07. The molecule has 0 saturated carbocycles. The molecular formula is C16H25N5O8. The fourth-order valence-corrected chi connectivity index (χ4v) is 2.69. The van der Waals surface area contributed by atoms with E-state index in [4.69, 9.17) is 15.9 Å². The molecule has 0 aromatic rings. The third-order valence-corrected chi connectivity index (χ3v) is 4.11. The van der Waals surface area contributed by atoms with Crippen LogP contribution < -0.4 is 27.0 Å². The van der Waals surface area contributed by atoms with Crippen molar-refractivity contribution < 1.29 is 39.0 Å². The van der Waals surface area contributed by atoms with Crippen LogP contribution in [0.5, 0.6) is 0 Å². The number of carboxylic acids is 2. The summed E-state index contributed by atoms with van der Waals surface area (Å²) in [4.78, 5) is 69.5. The Kier molecular flexibility index (Phi) is 9.51. The number of carbonyl (C=O) groups excluding carboxylic acids is 4. The first-order valence-corrected chi connectivity index (χ1v) is 8.94. The minimum atomic E-state index is -1.48. The summed E-state index contributed by atoms with van der Waals surface area (Å²) in [5, 5.41) is 27.1. The highest BCUT2D eigenvalue weighted by Gasteiger charge is 2.31. The molecule has 13 heteroatoms. The zero-order valence-corrected chi connectivity index (χ0v) is 15.6. The number of nitrogens with one attached hydrogen (secondary N) is 4. The third kappa shape index (κ3) is 9.01. The second kappa shape index (κ2) is 11.6. The van der Waals surface area contributed by atoms with E-state index in [1.807, 2.05) is 5.32 Å². The van der Waals surface area contributed by atoms with Crippen LogP contribution >= 0.6 is 0 Å². The van der Waals surface area contributed by atoms with E-state index < -0.39 is 73.1 Å². The van der Waals surface area contributed by atoms with Crippen LogP contribution in [0.1, 0.15) is 32.1 Å². The van der Waals surface area contributed by atoms with Gasteiger partial charge in [-0.15, -0.1) is 0 Å². The van der Waals surface area contributed by atoms with Crippen molar-refractivity contribution in [3.05, 3.63) is 0 Å². The van der Waals surface area contributed by atoms with Crippen molar-refractivity contribution >= 4 is 35.6 Å². The summed E-state index contributed by atoms with van der Waals surface area (Å²) >= 11 is 0. The summed E-state index contributed by atoms with van der Waals surface area (Å²) < 4.78 is 0. The number of amides is 4.